The molecule has 1 rings (SSSR count). The van der Waals surface area contributed by atoms with Crippen molar-refractivity contribution in [2.24, 2.45) is 17.3 Å². The molecule has 0 aromatic heterocycles. The van der Waals surface area contributed by atoms with Crippen molar-refractivity contribution >= 4 is 11.9 Å². The molecule has 1 N–H and O–H groups in total. The average Bonchev–Trinajstić information content (AvgIpc) is 2.75. The molecule has 1 aliphatic carbocycles. The Labute approximate surface area is 107 Å². The third-order valence-corrected chi connectivity index (χ3v) is 4.00. The van der Waals surface area contributed by atoms with E-state index in [-0.39, 0.29) is 23.7 Å². The number of unbranched alkanes of at least 4 members (excludes halogenated alkanes) is 1. The minimum Gasteiger partial charge on any atom is -0.481 e. The monoisotopic (exact) mass is 258 g/mol. The first-order valence-electron chi connectivity index (χ1n) is 6.35. The van der Waals surface area contributed by atoms with Crippen LogP contribution in [0.5, 0.6) is 0 Å². The number of aliphatic carboxylic acids is 1. The van der Waals surface area contributed by atoms with Gasteiger partial charge in [-0.15, -0.1) is 0 Å². The van der Waals surface area contributed by atoms with E-state index in [1.54, 1.807) is 0 Å². The maximum atomic E-state index is 11.0. The van der Waals surface area contributed by atoms with Gasteiger partial charge in [0.15, 0.2) is 0 Å². The molecule has 1 saturated carbocycles. The number of hydrogen-bond acceptors (Lipinski definition) is 4. The van der Waals surface area contributed by atoms with Crippen LogP contribution in [0.15, 0.2) is 0 Å². The number of carbonyl (C=O) groups excluding carboxylic acids is 1. The summed E-state index contributed by atoms with van der Waals surface area (Å²) in [4.78, 5) is 30.4. The molecular formula is C13H22O5. The maximum absolute atomic E-state index is 11.0. The Kier molecular flexibility index (Phi) is 5.14. The van der Waals surface area contributed by atoms with Crippen LogP contribution in [0.3, 0.4) is 0 Å². The van der Waals surface area contributed by atoms with Crippen molar-refractivity contribution < 1.29 is 24.5 Å². The third kappa shape index (κ3) is 3.98. The molecule has 2 atom stereocenters. The van der Waals surface area contributed by atoms with Crippen LogP contribution in [0.4, 0.5) is 0 Å². The Hall–Kier alpha value is -1.10. The molecule has 0 aromatic rings. The highest BCUT2D eigenvalue weighted by atomic mass is 17.2. The van der Waals surface area contributed by atoms with Gasteiger partial charge in [-0.05, 0) is 30.1 Å². The van der Waals surface area contributed by atoms with Gasteiger partial charge in [0.05, 0.1) is 7.11 Å². The predicted molar refractivity (Wildman–Crippen MR) is 64.6 cm³/mol. The van der Waals surface area contributed by atoms with Crippen molar-refractivity contribution in [2.75, 3.05) is 7.11 Å². The molecule has 1 fully saturated rings. The zero-order valence-corrected chi connectivity index (χ0v) is 11.3. The molecule has 0 amide bonds. The van der Waals surface area contributed by atoms with Gasteiger partial charge in [-0.2, -0.15) is 4.89 Å². The fourth-order valence-corrected chi connectivity index (χ4v) is 2.79. The van der Waals surface area contributed by atoms with Crippen LogP contribution in [0.2, 0.25) is 0 Å². The van der Waals surface area contributed by atoms with E-state index < -0.39 is 5.97 Å². The third-order valence-electron chi connectivity index (χ3n) is 4.00. The number of hydrogen-bond donors (Lipinski definition) is 1. The minimum atomic E-state index is -0.723. The van der Waals surface area contributed by atoms with E-state index >= 15 is 0 Å². The Balaban J connectivity index is 2.17. The van der Waals surface area contributed by atoms with Crippen LogP contribution >= 0.6 is 0 Å². The molecule has 5 nitrogen and oxygen atoms in total. The van der Waals surface area contributed by atoms with Gasteiger partial charge in [0.2, 0.25) is 0 Å². The number of carbonyl (C=O) groups is 2. The largest absolute Gasteiger partial charge is 0.481 e. The Morgan fingerprint density at radius 1 is 1.22 bits per heavy atom. The highest BCUT2D eigenvalue weighted by molar-refractivity contribution is 5.68. The van der Waals surface area contributed by atoms with Gasteiger partial charge in [0.25, 0.3) is 0 Å². The van der Waals surface area contributed by atoms with E-state index in [2.05, 4.69) is 23.6 Å². The van der Waals surface area contributed by atoms with E-state index in [1.165, 1.54) is 7.11 Å². The number of carboxylic acid groups (broad SMARTS) is 1. The van der Waals surface area contributed by atoms with Crippen LogP contribution in [0.25, 0.3) is 0 Å². The van der Waals surface area contributed by atoms with Crippen molar-refractivity contribution in [1.82, 2.24) is 0 Å². The first-order valence-corrected chi connectivity index (χ1v) is 6.35. The SMILES string of the molecule is COOC(=O)CCCCC1C(CC(=O)O)C1(C)C. The highest BCUT2D eigenvalue weighted by Crippen LogP contribution is 2.62. The lowest BCUT2D eigenvalue weighted by Gasteiger charge is -2.02. The lowest BCUT2D eigenvalue weighted by Crippen LogP contribution is -2.02. The summed E-state index contributed by atoms with van der Waals surface area (Å²) in [6.07, 6.45) is 3.26. The topological polar surface area (TPSA) is 72.8 Å². The van der Waals surface area contributed by atoms with Crippen LogP contribution in [0.1, 0.15) is 46.0 Å². The van der Waals surface area contributed by atoms with Crippen LogP contribution in [-0.2, 0) is 19.4 Å². The molecule has 0 aliphatic heterocycles. The first kappa shape index (κ1) is 15.0. The van der Waals surface area contributed by atoms with E-state index in [4.69, 9.17) is 5.11 Å². The van der Waals surface area contributed by atoms with Gasteiger partial charge in [-0.1, -0.05) is 20.3 Å². The second kappa shape index (κ2) is 6.18. The summed E-state index contributed by atoms with van der Waals surface area (Å²) in [7, 11) is 1.31. The van der Waals surface area contributed by atoms with Crippen molar-refractivity contribution in [3.05, 3.63) is 0 Å². The van der Waals surface area contributed by atoms with Gasteiger partial charge < -0.3 is 5.11 Å². The Bertz CT molecular complexity index is 311. The standard InChI is InChI=1S/C13H22O5/c1-13(2)9(10(13)8-11(14)15)6-4-5-7-12(16)18-17-3/h9-10H,4-8H2,1-3H3,(H,14,15). The second-order valence-electron chi connectivity index (χ2n) is 5.50. The zero-order chi connectivity index (χ0) is 13.8. The van der Waals surface area contributed by atoms with Crippen molar-refractivity contribution in [3.63, 3.8) is 0 Å². The molecule has 0 spiro atoms. The summed E-state index contributed by atoms with van der Waals surface area (Å²) in [5.41, 5.74) is 0.130. The normalized spacial score (nSPS) is 24.6. The van der Waals surface area contributed by atoms with Gasteiger partial charge in [0.1, 0.15) is 0 Å². The van der Waals surface area contributed by atoms with Crippen molar-refractivity contribution in [3.8, 4) is 0 Å². The lowest BCUT2D eigenvalue weighted by molar-refractivity contribution is -0.255. The predicted octanol–water partition coefficient (Wildman–Crippen LogP) is 2.40. The molecule has 0 heterocycles. The first-order chi connectivity index (χ1) is 8.39. The molecule has 0 aromatic carbocycles. The average molecular weight is 258 g/mol. The van der Waals surface area contributed by atoms with Gasteiger partial charge in [-0.25, -0.2) is 4.79 Å². The van der Waals surface area contributed by atoms with E-state index in [0.717, 1.165) is 19.3 Å². The van der Waals surface area contributed by atoms with Crippen molar-refractivity contribution in [2.45, 2.75) is 46.0 Å². The molecule has 18 heavy (non-hydrogen) atoms. The van der Waals surface area contributed by atoms with E-state index in [1.807, 2.05) is 0 Å². The molecule has 0 bridgehead atoms. The summed E-state index contributed by atoms with van der Waals surface area (Å²) in [5.74, 6) is -0.332. The summed E-state index contributed by atoms with van der Waals surface area (Å²) in [5, 5.41) is 8.80. The molecule has 5 heteroatoms. The van der Waals surface area contributed by atoms with E-state index in [0.29, 0.717) is 12.3 Å². The van der Waals surface area contributed by atoms with Crippen LogP contribution in [0, 0.1) is 17.3 Å². The smallest absolute Gasteiger partial charge is 0.342 e. The van der Waals surface area contributed by atoms with E-state index in [9.17, 15) is 9.59 Å². The molecule has 104 valence electrons. The highest BCUT2D eigenvalue weighted by Gasteiger charge is 2.56. The van der Waals surface area contributed by atoms with Gasteiger partial charge in [-0.3, -0.25) is 9.68 Å². The van der Waals surface area contributed by atoms with Crippen LogP contribution in [-0.4, -0.2) is 24.2 Å². The molecule has 2 unspecified atom stereocenters. The van der Waals surface area contributed by atoms with Gasteiger partial charge in [0, 0.05) is 12.8 Å². The van der Waals surface area contributed by atoms with Crippen LogP contribution < -0.4 is 0 Å². The summed E-state index contributed by atoms with van der Waals surface area (Å²) >= 11 is 0. The molecule has 1 aliphatic rings. The van der Waals surface area contributed by atoms with Crippen molar-refractivity contribution in [1.29, 1.82) is 0 Å². The Morgan fingerprint density at radius 3 is 2.44 bits per heavy atom. The quantitative estimate of drug-likeness (QED) is 0.411. The summed E-state index contributed by atoms with van der Waals surface area (Å²) < 4.78 is 0. The number of carboxylic acids is 1. The molecular weight excluding hydrogens is 236 g/mol. The minimum absolute atomic E-state index is 0.130. The van der Waals surface area contributed by atoms with Gasteiger partial charge >= 0.3 is 11.9 Å². The lowest BCUT2D eigenvalue weighted by atomic mass is 10.0. The Morgan fingerprint density at radius 2 is 1.89 bits per heavy atom. The summed E-state index contributed by atoms with van der Waals surface area (Å²) in [6.45, 7) is 4.23. The maximum Gasteiger partial charge on any atom is 0.342 e. The zero-order valence-electron chi connectivity index (χ0n) is 11.3. The number of rotatable bonds is 8. The molecule has 0 saturated heterocycles. The summed E-state index contributed by atoms with van der Waals surface area (Å²) in [6, 6.07) is 0. The fourth-order valence-electron chi connectivity index (χ4n) is 2.79. The fraction of sp³-hybridized carbons (Fsp3) is 0.846. The second-order valence-corrected chi connectivity index (χ2v) is 5.50. The molecule has 0 radical (unpaired) electrons.